The number of amides is 1. The minimum Gasteiger partial charge on any atom is -0.350 e. The number of carbonyl (C=O) groups excluding carboxylic acids is 1. The highest BCUT2D eigenvalue weighted by molar-refractivity contribution is 7.99. The molecule has 0 aliphatic carbocycles. The van der Waals surface area contributed by atoms with Gasteiger partial charge in [0.25, 0.3) is 5.91 Å². The van der Waals surface area contributed by atoms with Crippen LogP contribution in [-0.4, -0.2) is 37.2 Å². The van der Waals surface area contributed by atoms with Crippen molar-refractivity contribution in [2.75, 3.05) is 5.75 Å². The van der Waals surface area contributed by atoms with Crippen LogP contribution in [0.3, 0.4) is 0 Å². The van der Waals surface area contributed by atoms with Gasteiger partial charge in [0, 0.05) is 30.4 Å². The second kappa shape index (κ2) is 8.88. The van der Waals surface area contributed by atoms with E-state index in [9.17, 15) is 4.79 Å². The summed E-state index contributed by atoms with van der Waals surface area (Å²) in [7, 11) is 1.91. The maximum Gasteiger partial charge on any atom is 0.250 e. The zero-order valence-electron chi connectivity index (χ0n) is 15.0. The van der Waals surface area contributed by atoms with Crippen LogP contribution in [0, 0.1) is 0 Å². The lowest BCUT2D eigenvalue weighted by atomic mass is 10.2. The first-order chi connectivity index (χ1) is 13.1. The number of hydrogen-bond acceptors (Lipinski definition) is 5. The molecule has 1 aromatic carbocycles. The van der Waals surface area contributed by atoms with E-state index in [1.807, 2.05) is 65.7 Å². The fraction of sp³-hybridized carbons (Fsp3) is 0.222. The van der Waals surface area contributed by atoms with E-state index in [2.05, 4.69) is 20.7 Å². The lowest BCUT2D eigenvalue weighted by Crippen LogP contribution is -2.20. The number of halogens is 1. The van der Waals surface area contributed by atoms with E-state index >= 15 is 0 Å². The van der Waals surface area contributed by atoms with Crippen molar-refractivity contribution in [2.24, 2.45) is 12.1 Å². The molecule has 0 saturated heterocycles. The van der Waals surface area contributed by atoms with E-state index in [0.717, 1.165) is 17.1 Å². The molecule has 2 heterocycles. The zero-order chi connectivity index (χ0) is 19.2. The molecule has 3 aromatic rings. The van der Waals surface area contributed by atoms with Gasteiger partial charge in [-0.05, 0) is 43.3 Å². The van der Waals surface area contributed by atoms with Crippen LogP contribution in [0.4, 0.5) is 0 Å². The fourth-order valence-corrected chi connectivity index (χ4v) is 3.35. The Bertz CT molecular complexity index is 947. The molecular weight excluding hydrogens is 384 g/mol. The first-order valence-electron chi connectivity index (χ1n) is 8.33. The lowest BCUT2D eigenvalue weighted by Gasteiger charge is -2.07. The van der Waals surface area contributed by atoms with Gasteiger partial charge in [-0.2, -0.15) is 5.10 Å². The molecule has 7 nitrogen and oxygen atoms in total. The monoisotopic (exact) mass is 402 g/mol. The van der Waals surface area contributed by atoms with Crippen molar-refractivity contribution in [2.45, 2.75) is 18.6 Å². The molecule has 1 amide bonds. The molecule has 0 unspecified atom stereocenters. The van der Waals surface area contributed by atoms with Crippen LogP contribution in [0.2, 0.25) is 5.02 Å². The van der Waals surface area contributed by atoms with Crippen LogP contribution >= 0.6 is 23.4 Å². The SMILES string of the molecule is CCn1c(SCC(=O)N/N=C\c2cccn2C)nnc1-c1ccc(Cl)cc1. The maximum absolute atomic E-state index is 12.0. The summed E-state index contributed by atoms with van der Waals surface area (Å²) in [5.74, 6) is 0.742. The Balaban J connectivity index is 1.61. The number of thioether (sulfide) groups is 1. The van der Waals surface area contributed by atoms with E-state index in [1.165, 1.54) is 11.8 Å². The minimum absolute atomic E-state index is 0.198. The number of aromatic nitrogens is 4. The van der Waals surface area contributed by atoms with Crippen LogP contribution in [0.15, 0.2) is 52.9 Å². The van der Waals surface area contributed by atoms with E-state index in [1.54, 1.807) is 6.21 Å². The summed E-state index contributed by atoms with van der Waals surface area (Å²) in [6.45, 7) is 2.71. The van der Waals surface area contributed by atoms with Crippen molar-refractivity contribution in [3.8, 4) is 11.4 Å². The zero-order valence-corrected chi connectivity index (χ0v) is 16.5. The Labute approximate surface area is 166 Å². The van der Waals surface area contributed by atoms with Crippen LogP contribution in [-0.2, 0) is 18.4 Å². The Kier molecular flexibility index (Phi) is 6.31. The quantitative estimate of drug-likeness (QED) is 0.374. The molecule has 0 radical (unpaired) electrons. The molecule has 140 valence electrons. The highest BCUT2D eigenvalue weighted by atomic mass is 35.5. The molecule has 1 N–H and O–H groups in total. The van der Waals surface area contributed by atoms with Crippen LogP contribution in [0.5, 0.6) is 0 Å². The first-order valence-corrected chi connectivity index (χ1v) is 9.70. The van der Waals surface area contributed by atoms with Crippen LogP contribution < -0.4 is 5.43 Å². The Hall–Kier alpha value is -2.58. The second-order valence-electron chi connectivity index (χ2n) is 5.68. The number of aryl methyl sites for hydroxylation is 1. The molecule has 0 bridgehead atoms. The molecule has 27 heavy (non-hydrogen) atoms. The third kappa shape index (κ3) is 4.78. The predicted molar refractivity (Wildman–Crippen MR) is 108 cm³/mol. The largest absolute Gasteiger partial charge is 0.350 e. The average molecular weight is 403 g/mol. The normalized spacial score (nSPS) is 11.2. The van der Waals surface area contributed by atoms with Crippen molar-refractivity contribution in [1.29, 1.82) is 0 Å². The average Bonchev–Trinajstić information content (AvgIpc) is 3.26. The van der Waals surface area contributed by atoms with E-state index in [0.29, 0.717) is 16.7 Å². The van der Waals surface area contributed by atoms with Crippen molar-refractivity contribution < 1.29 is 4.79 Å². The summed E-state index contributed by atoms with van der Waals surface area (Å²) in [6.07, 6.45) is 3.52. The maximum atomic E-state index is 12.0. The summed E-state index contributed by atoms with van der Waals surface area (Å²) in [5, 5.41) is 13.8. The molecule has 0 atom stereocenters. The van der Waals surface area contributed by atoms with Gasteiger partial charge < -0.3 is 9.13 Å². The number of hydrogen-bond donors (Lipinski definition) is 1. The topological polar surface area (TPSA) is 77.1 Å². The molecule has 0 spiro atoms. The van der Waals surface area contributed by atoms with Gasteiger partial charge in [0.2, 0.25) is 0 Å². The lowest BCUT2D eigenvalue weighted by molar-refractivity contribution is -0.118. The van der Waals surface area contributed by atoms with Crippen molar-refractivity contribution in [3.63, 3.8) is 0 Å². The molecule has 3 rings (SSSR count). The Morgan fingerprint density at radius 2 is 2.07 bits per heavy atom. The number of hydrazone groups is 1. The van der Waals surface area contributed by atoms with Crippen molar-refractivity contribution in [1.82, 2.24) is 24.8 Å². The molecule has 2 aromatic heterocycles. The van der Waals surface area contributed by atoms with E-state index < -0.39 is 0 Å². The van der Waals surface area contributed by atoms with Gasteiger partial charge in [0.1, 0.15) is 0 Å². The van der Waals surface area contributed by atoms with Crippen LogP contribution in [0.25, 0.3) is 11.4 Å². The highest BCUT2D eigenvalue weighted by Crippen LogP contribution is 2.24. The van der Waals surface area contributed by atoms with Gasteiger partial charge in [0.05, 0.1) is 17.7 Å². The Morgan fingerprint density at radius 3 is 2.74 bits per heavy atom. The van der Waals surface area contributed by atoms with Gasteiger partial charge in [-0.3, -0.25) is 4.79 Å². The molecule has 0 saturated carbocycles. The summed E-state index contributed by atoms with van der Waals surface area (Å²) in [4.78, 5) is 12.0. The number of carbonyl (C=O) groups is 1. The van der Waals surface area contributed by atoms with Gasteiger partial charge in [-0.15, -0.1) is 10.2 Å². The van der Waals surface area contributed by atoms with Crippen molar-refractivity contribution in [3.05, 3.63) is 53.3 Å². The summed E-state index contributed by atoms with van der Waals surface area (Å²) in [6, 6.07) is 11.3. The number of rotatable bonds is 7. The molecule has 0 fully saturated rings. The third-order valence-corrected chi connectivity index (χ3v) is 5.06. The first kappa shape index (κ1) is 19.2. The van der Waals surface area contributed by atoms with Gasteiger partial charge in [-0.1, -0.05) is 23.4 Å². The summed E-state index contributed by atoms with van der Waals surface area (Å²) >= 11 is 7.26. The number of nitrogens with one attached hydrogen (secondary N) is 1. The Morgan fingerprint density at radius 1 is 1.30 bits per heavy atom. The van der Waals surface area contributed by atoms with E-state index in [4.69, 9.17) is 11.6 Å². The molecular formula is C18H19ClN6OS. The fourth-order valence-electron chi connectivity index (χ4n) is 2.43. The molecule has 9 heteroatoms. The minimum atomic E-state index is -0.204. The second-order valence-corrected chi connectivity index (χ2v) is 7.06. The van der Waals surface area contributed by atoms with Gasteiger partial charge >= 0.3 is 0 Å². The smallest absolute Gasteiger partial charge is 0.250 e. The number of nitrogens with zero attached hydrogens (tertiary/aromatic N) is 5. The third-order valence-electron chi connectivity index (χ3n) is 3.84. The van der Waals surface area contributed by atoms with Crippen LogP contribution in [0.1, 0.15) is 12.6 Å². The van der Waals surface area contributed by atoms with E-state index in [-0.39, 0.29) is 11.7 Å². The standard InChI is InChI=1S/C18H19ClN6OS/c1-3-25-17(13-6-8-14(19)9-7-13)22-23-18(25)27-12-16(26)21-20-11-15-5-4-10-24(15)2/h4-11H,3,12H2,1-2H3,(H,21,26)/b20-11-. The predicted octanol–water partition coefficient (Wildman–Crippen LogP) is 3.20. The highest BCUT2D eigenvalue weighted by Gasteiger charge is 2.14. The van der Waals surface area contributed by atoms with Crippen molar-refractivity contribution >= 4 is 35.5 Å². The molecule has 0 aliphatic rings. The number of benzene rings is 1. The summed E-state index contributed by atoms with van der Waals surface area (Å²) < 4.78 is 3.88. The van der Waals surface area contributed by atoms with Gasteiger partial charge in [0.15, 0.2) is 11.0 Å². The van der Waals surface area contributed by atoms with Gasteiger partial charge in [-0.25, -0.2) is 5.43 Å². The summed E-state index contributed by atoms with van der Waals surface area (Å²) in [5.41, 5.74) is 4.36. The molecule has 0 aliphatic heterocycles.